The van der Waals surface area contributed by atoms with Crippen molar-refractivity contribution in [1.82, 2.24) is 4.90 Å². The Bertz CT molecular complexity index is 494. The predicted octanol–water partition coefficient (Wildman–Crippen LogP) is 2.99. The molecular weight excluding hydrogens is 264 g/mol. The van der Waals surface area contributed by atoms with Crippen LogP contribution >= 0.6 is 0 Å². The van der Waals surface area contributed by atoms with Gasteiger partial charge in [-0.25, -0.2) is 0 Å². The summed E-state index contributed by atoms with van der Waals surface area (Å²) in [5, 5.41) is 0. The van der Waals surface area contributed by atoms with Crippen LogP contribution in [0, 0.1) is 12.8 Å². The highest BCUT2D eigenvalue weighted by Crippen LogP contribution is 2.26. The lowest BCUT2D eigenvalue weighted by atomic mass is 9.87. The maximum absolute atomic E-state index is 12.3. The fraction of sp³-hybridized carbons (Fsp3) is 0.588. The van der Waals surface area contributed by atoms with Gasteiger partial charge in [0.15, 0.2) is 6.61 Å². The van der Waals surface area contributed by atoms with Crippen LogP contribution in [0.3, 0.4) is 0 Å². The lowest BCUT2D eigenvalue weighted by molar-refractivity contribution is -0.134. The second kappa shape index (κ2) is 6.83. The van der Waals surface area contributed by atoms with Crippen molar-refractivity contribution in [3.05, 3.63) is 23.8 Å². The van der Waals surface area contributed by atoms with Crippen LogP contribution in [-0.2, 0) is 4.79 Å². The number of nitrogens with zero attached hydrogens (tertiary/aromatic N) is 1. The van der Waals surface area contributed by atoms with Gasteiger partial charge in [0.1, 0.15) is 5.75 Å². The summed E-state index contributed by atoms with van der Waals surface area (Å²) in [6, 6.07) is 5.83. The normalized spacial score (nSPS) is 21.9. The van der Waals surface area contributed by atoms with E-state index in [4.69, 9.17) is 10.5 Å². The first-order valence-corrected chi connectivity index (χ1v) is 7.72. The van der Waals surface area contributed by atoms with E-state index in [0.29, 0.717) is 11.7 Å². The summed E-state index contributed by atoms with van der Waals surface area (Å²) in [6.45, 7) is 4.31. The Balaban J connectivity index is 1.86. The highest BCUT2D eigenvalue weighted by molar-refractivity contribution is 5.77. The van der Waals surface area contributed by atoms with Gasteiger partial charge in [-0.15, -0.1) is 0 Å². The Labute approximate surface area is 127 Å². The molecule has 1 aromatic carbocycles. The highest BCUT2D eigenvalue weighted by atomic mass is 16.5. The summed E-state index contributed by atoms with van der Waals surface area (Å²) in [5.41, 5.74) is 7.37. The number of ether oxygens (including phenoxy) is 1. The summed E-state index contributed by atoms with van der Waals surface area (Å²) < 4.78 is 5.64. The topological polar surface area (TPSA) is 55.6 Å². The van der Waals surface area contributed by atoms with E-state index < -0.39 is 0 Å². The number of hydrogen-bond donors (Lipinski definition) is 1. The molecule has 1 aromatic rings. The van der Waals surface area contributed by atoms with Gasteiger partial charge in [0.05, 0.1) is 0 Å². The minimum atomic E-state index is 0.0470. The van der Waals surface area contributed by atoms with Crippen molar-refractivity contribution in [2.75, 3.05) is 19.4 Å². The number of likely N-dealkylation sites (N-methyl/N-ethyl adjacent to an activating group) is 1. The molecule has 4 heteroatoms. The van der Waals surface area contributed by atoms with Gasteiger partial charge in [-0.2, -0.15) is 0 Å². The van der Waals surface area contributed by atoms with Crippen molar-refractivity contribution in [2.24, 2.45) is 5.92 Å². The van der Waals surface area contributed by atoms with Crippen molar-refractivity contribution >= 4 is 11.6 Å². The van der Waals surface area contributed by atoms with E-state index in [0.717, 1.165) is 30.1 Å². The van der Waals surface area contributed by atoms with Crippen LogP contribution in [0.25, 0.3) is 0 Å². The van der Waals surface area contributed by atoms with E-state index in [1.807, 2.05) is 31.0 Å². The number of benzene rings is 1. The maximum Gasteiger partial charge on any atom is 0.260 e. The third-order valence-corrected chi connectivity index (χ3v) is 4.48. The molecule has 0 unspecified atom stereocenters. The molecule has 1 amide bonds. The molecule has 1 aliphatic rings. The zero-order chi connectivity index (χ0) is 15.4. The highest BCUT2D eigenvalue weighted by Gasteiger charge is 2.24. The van der Waals surface area contributed by atoms with Gasteiger partial charge in [-0.05, 0) is 62.3 Å². The Morgan fingerprint density at radius 1 is 1.33 bits per heavy atom. The van der Waals surface area contributed by atoms with Gasteiger partial charge in [0.2, 0.25) is 0 Å². The first-order chi connectivity index (χ1) is 9.97. The molecule has 1 aliphatic carbocycles. The SMILES string of the molecule is Cc1cc(N)ccc1OCC(=O)N(C)C1CCC(C)CC1. The second-order valence-electron chi connectivity index (χ2n) is 6.23. The second-order valence-corrected chi connectivity index (χ2v) is 6.23. The van der Waals surface area contributed by atoms with Gasteiger partial charge in [-0.3, -0.25) is 4.79 Å². The van der Waals surface area contributed by atoms with E-state index in [9.17, 15) is 4.79 Å². The average molecular weight is 290 g/mol. The van der Waals surface area contributed by atoms with Gasteiger partial charge in [-0.1, -0.05) is 6.92 Å². The number of amides is 1. The molecule has 4 nitrogen and oxygen atoms in total. The Kier molecular flexibility index (Phi) is 5.10. The lowest BCUT2D eigenvalue weighted by Crippen LogP contribution is -2.41. The van der Waals surface area contributed by atoms with Crippen LogP contribution in [-0.4, -0.2) is 30.5 Å². The van der Waals surface area contributed by atoms with Crippen LogP contribution in [0.15, 0.2) is 18.2 Å². The number of aryl methyl sites for hydroxylation is 1. The minimum absolute atomic E-state index is 0.0470. The van der Waals surface area contributed by atoms with E-state index in [2.05, 4.69) is 6.92 Å². The molecule has 116 valence electrons. The van der Waals surface area contributed by atoms with Crippen molar-refractivity contribution in [3.8, 4) is 5.75 Å². The average Bonchev–Trinajstić information content (AvgIpc) is 2.46. The van der Waals surface area contributed by atoms with Crippen molar-refractivity contribution in [2.45, 2.75) is 45.6 Å². The summed E-state index contributed by atoms with van der Waals surface area (Å²) in [6.07, 6.45) is 4.62. The van der Waals surface area contributed by atoms with Crippen LogP contribution in [0.5, 0.6) is 5.75 Å². The molecule has 0 radical (unpaired) electrons. The smallest absolute Gasteiger partial charge is 0.260 e. The molecule has 0 heterocycles. The molecular formula is C17H26N2O2. The van der Waals surface area contributed by atoms with Gasteiger partial charge in [0, 0.05) is 18.8 Å². The number of nitrogen functional groups attached to an aromatic ring is 1. The molecule has 2 N–H and O–H groups in total. The zero-order valence-corrected chi connectivity index (χ0v) is 13.3. The Hall–Kier alpha value is -1.71. The van der Waals surface area contributed by atoms with Crippen LogP contribution < -0.4 is 10.5 Å². The number of carbonyl (C=O) groups excluding carboxylic acids is 1. The fourth-order valence-corrected chi connectivity index (χ4v) is 2.91. The van der Waals surface area contributed by atoms with E-state index in [1.165, 1.54) is 12.8 Å². The predicted molar refractivity (Wildman–Crippen MR) is 85.3 cm³/mol. The lowest BCUT2D eigenvalue weighted by Gasteiger charge is -2.33. The van der Waals surface area contributed by atoms with Crippen molar-refractivity contribution in [1.29, 1.82) is 0 Å². The molecule has 2 rings (SSSR count). The third-order valence-electron chi connectivity index (χ3n) is 4.48. The molecule has 0 atom stereocenters. The first kappa shape index (κ1) is 15.7. The fourth-order valence-electron chi connectivity index (χ4n) is 2.91. The quantitative estimate of drug-likeness (QED) is 0.867. The molecule has 0 spiro atoms. The number of carbonyl (C=O) groups is 1. The van der Waals surface area contributed by atoms with E-state index in [-0.39, 0.29) is 12.5 Å². The molecule has 0 saturated heterocycles. The minimum Gasteiger partial charge on any atom is -0.483 e. The summed E-state index contributed by atoms with van der Waals surface area (Å²) in [5.74, 6) is 1.56. The van der Waals surface area contributed by atoms with E-state index >= 15 is 0 Å². The Morgan fingerprint density at radius 3 is 2.62 bits per heavy atom. The number of rotatable bonds is 4. The third kappa shape index (κ3) is 4.13. The monoisotopic (exact) mass is 290 g/mol. The largest absolute Gasteiger partial charge is 0.483 e. The Morgan fingerprint density at radius 2 is 2.00 bits per heavy atom. The van der Waals surface area contributed by atoms with Gasteiger partial charge < -0.3 is 15.4 Å². The number of hydrogen-bond acceptors (Lipinski definition) is 3. The summed E-state index contributed by atoms with van der Waals surface area (Å²) in [4.78, 5) is 14.1. The van der Waals surface area contributed by atoms with Crippen molar-refractivity contribution in [3.63, 3.8) is 0 Å². The zero-order valence-electron chi connectivity index (χ0n) is 13.3. The molecule has 0 aromatic heterocycles. The van der Waals surface area contributed by atoms with Gasteiger partial charge in [0.25, 0.3) is 5.91 Å². The van der Waals surface area contributed by atoms with Crippen LogP contribution in [0.2, 0.25) is 0 Å². The molecule has 1 fully saturated rings. The van der Waals surface area contributed by atoms with Crippen molar-refractivity contribution < 1.29 is 9.53 Å². The molecule has 21 heavy (non-hydrogen) atoms. The summed E-state index contributed by atoms with van der Waals surface area (Å²) in [7, 11) is 1.89. The molecule has 0 bridgehead atoms. The van der Waals surface area contributed by atoms with Crippen LogP contribution in [0.4, 0.5) is 5.69 Å². The van der Waals surface area contributed by atoms with E-state index in [1.54, 1.807) is 6.07 Å². The number of anilines is 1. The van der Waals surface area contributed by atoms with Crippen LogP contribution in [0.1, 0.15) is 38.2 Å². The first-order valence-electron chi connectivity index (χ1n) is 7.72. The maximum atomic E-state index is 12.3. The number of nitrogens with two attached hydrogens (primary N) is 1. The van der Waals surface area contributed by atoms with Gasteiger partial charge >= 0.3 is 0 Å². The molecule has 0 aliphatic heterocycles. The standard InChI is InChI=1S/C17H26N2O2/c1-12-4-7-15(8-5-12)19(3)17(20)11-21-16-9-6-14(18)10-13(16)2/h6,9-10,12,15H,4-5,7-8,11,18H2,1-3H3. The molecule has 1 saturated carbocycles. The summed E-state index contributed by atoms with van der Waals surface area (Å²) >= 11 is 0.